The maximum Gasteiger partial charge on any atom is 0.416 e. The number of fused-ring (bicyclic) bond motifs is 1. The number of hydrogen-bond acceptors (Lipinski definition) is 3. The number of carbonyl (C=O) groups excluding carboxylic acids is 1. The van der Waals surface area contributed by atoms with Crippen molar-refractivity contribution in [2.24, 2.45) is 5.73 Å². The minimum atomic E-state index is -4.52. The number of halogens is 3. The van der Waals surface area contributed by atoms with Gasteiger partial charge in [0.1, 0.15) is 0 Å². The molecule has 1 unspecified atom stereocenters. The van der Waals surface area contributed by atoms with Crippen LogP contribution < -0.4 is 5.73 Å². The summed E-state index contributed by atoms with van der Waals surface area (Å²) in [5.41, 5.74) is 8.63. The molecule has 0 spiro atoms. The zero-order valence-electron chi connectivity index (χ0n) is 13.7. The van der Waals surface area contributed by atoms with Crippen LogP contribution in [0.5, 0.6) is 0 Å². The molecular formula is C19H18F3NO2. The fourth-order valence-electron chi connectivity index (χ4n) is 3.24. The van der Waals surface area contributed by atoms with Crippen molar-refractivity contribution in [2.75, 3.05) is 7.11 Å². The Labute approximate surface area is 143 Å². The molecule has 0 aromatic heterocycles. The SMILES string of the molecule is COC(=O)c1cc(Cc2ccc3c(c2)CC(N)C3)cc(C(F)(F)F)c1. The fraction of sp³-hybridized carbons (Fsp3) is 0.316. The maximum atomic E-state index is 13.1. The third-order valence-corrected chi connectivity index (χ3v) is 4.38. The molecule has 2 N–H and O–H groups in total. The molecule has 0 aliphatic heterocycles. The Kier molecular flexibility index (Phi) is 4.56. The van der Waals surface area contributed by atoms with Crippen LogP contribution >= 0.6 is 0 Å². The van der Waals surface area contributed by atoms with Gasteiger partial charge < -0.3 is 10.5 Å². The van der Waals surface area contributed by atoms with Crippen molar-refractivity contribution < 1.29 is 22.7 Å². The second-order valence-corrected chi connectivity index (χ2v) is 6.36. The predicted octanol–water partition coefficient (Wildman–Crippen LogP) is 3.51. The first-order valence-corrected chi connectivity index (χ1v) is 7.92. The topological polar surface area (TPSA) is 52.3 Å². The lowest BCUT2D eigenvalue weighted by Gasteiger charge is -2.12. The lowest BCUT2D eigenvalue weighted by atomic mass is 9.97. The van der Waals surface area contributed by atoms with E-state index in [1.54, 1.807) is 0 Å². The summed E-state index contributed by atoms with van der Waals surface area (Å²) >= 11 is 0. The van der Waals surface area contributed by atoms with Gasteiger partial charge in [0.15, 0.2) is 0 Å². The Balaban J connectivity index is 1.94. The van der Waals surface area contributed by atoms with Crippen LogP contribution in [0.4, 0.5) is 13.2 Å². The van der Waals surface area contributed by atoms with E-state index < -0.39 is 17.7 Å². The molecular weight excluding hydrogens is 331 g/mol. The molecule has 0 radical (unpaired) electrons. The van der Waals surface area contributed by atoms with E-state index in [9.17, 15) is 18.0 Å². The summed E-state index contributed by atoms with van der Waals surface area (Å²) in [4.78, 5) is 11.7. The number of hydrogen-bond donors (Lipinski definition) is 1. The van der Waals surface area contributed by atoms with E-state index in [0.29, 0.717) is 12.0 Å². The average molecular weight is 349 g/mol. The minimum Gasteiger partial charge on any atom is -0.465 e. The highest BCUT2D eigenvalue weighted by Gasteiger charge is 2.32. The highest BCUT2D eigenvalue weighted by molar-refractivity contribution is 5.89. The van der Waals surface area contributed by atoms with Crippen LogP contribution in [0.1, 0.15) is 38.2 Å². The molecule has 0 amide bonds. The van der Waals surface area contributed by atoms with Gasteiger partial charge in [-0.3, -0.25) is 0 Å². The Bertz CT molecular complexity index is 815. The van der Waals surface area contributed by atoms with Crippen molar-refractivity contribution in [1.29, 1.82) is 0 Å². The molecule has 2 aromatic carbocycles. The number of rotatable bonds is 3. The lowest BCUT2D eigenvalue weighted by Crippen LogP contribution is -2.18. The monoisotopic (exact) mass is 349 g/mol. The van der Waals surface area contributed by atoms with E-state index in [1.807, 2.05) is 18.2 Å². The summed E-state index contributed by atoms with van der Waals surface area (Å²) in [5, 5.41) is 0. The van der Waals surface area contributed by atoms with E-state index in [4.69, 9.17) is 5.73 Å². The van der Waals surface area contributed by atoms with Gasteiger partial charge >= 0.3 is 12.1 Å². The van der Waals surface area contributed by atoms with Crippen molar-refractivity contribution in [3.05, 3.63) is 69.8 Å². The van der Waals surface area contributed by atoms with Crippen LogP contribution in [0.3, 0.4) is 0 Å². The molecule has 25 heavy (non-hydrogen) atoms. The molecule has 0 heterocycles. The molecule has 3 nitrogen and oxygen atoms in total. The summed E-state index contributed by atoms with van der Waals surface area (Å²) in [6.45, 7) is 0. The Morgan fingerprint density at radius 2 is 1.84 bits per heavy atom. The van der Waals surface area contributed by atoms with Crippen LogP contribution in [0.2, 0.25) is 0 Å². The third-order valence-electron chi connectivity index (χ3n) is 4.38. The number of alkyl halides is 3. The van der Waals surface area contributed by atoms with Gasteiger partial charge in [-0.05, 0) is 59.7 Å². The van der Waals surface area contributed by atoms with Gasteiger partial charge in [0.25, 0.3) is 0 Å². The summed E-state index contributed by atoms with van der Waals surface area (Å²) < 4.78 is 43.9. The number of esters is 1. The van der Waals surface area contributed by atoms with Crippen molar-refractivity contribution in [2.45, 2.75) is 31.5 Å². The third kappa shape index (κ3) is 3.85. The van der Waals surface area contributed by atoms with Crippen LogP contribution in [-0.4, -0.2) is 19.1 Å². The molecule has 1 aliphatic rings. The van der Waals surface area contributed by atoms with E-state index in [2.05, 4.69) is 4.74 Å². The van der Waals surface area contributed by atoms with Crippen LogP contribution in [-0.2, 0) is 30.2 Å². The molecule has 0 bridgehead atoms. The molecule has 0 saturated heterocycles. The normalized spacial score (nSPS) is 16.6. The largest absolute Gasteiger partial charge is 0.465 e. The zero-order chi connectivity index (χ0) is 18.2. The molecule has 0 fully saturated rings. The van der Waals surface area contributed by atoms with E-state index in [-0.39, 0.29) is 11.6 Å². The second-order valence-electron chi connectivity index (χ2n) is 6.36. The van der Waals surface area contributed by atoms with Crippen molar-refractivity contribution in [1.82, 2.24) is 0 Å². The fourth-order valence-corrected chi connectivity index (χ4v) is 3.24. The number of methoxy groups -OCH3 is 1. The number of ether oxygens (including phenoxy) is 1. The molecule has 132 valence electrons. The summed E-state index contributed by atoms with van der Waals surface area (Å²) in [6.07, 6.45) is -2.62. The Morgan fingerprint density at radius 1 is 1.12 bits per heavy atom. The van der Waals surface area contributed by atoms with Crippen LogP contribution in [0, 0.1) is 0 Å². The molecule has 0 saturated carbocycles. The first kappa shape index (κ1) is 17.5. The highest BCUT2D eigenvalue weighted by atomic mass is 19.4. The molecule has 1 aliphatic carbocycles. The standard InChI is InChI=1S/C19H18F3NO2/c1-25-18(24)15-6-12(7-16(8-15)19(20,21)22)4-11-2-3-13-9-17(23)10-14(13)5-11/h2-3,5-8,17H,4,9-10,23H2,1H3. The van der Waals surface area contributed by atoms with Gasteiger partial charge in [0.05, 0.1) is 18.2 Å². The number of benzene rings is 2. The van der Waals surface area contributed by atoms with Crippen molar-refractivity contribution in [3.63, 3.8) is 0 Å². The molecule has 2 aromatic rings. The Morgan fingerprint density at radius 3 is 2.52 bits per heavy atom. The minimum absolute atomic E-state index is 0.101. The van der Waals surface area contributed by atoms with Gasteiger partial charge in [0, 0.05) is 6.04 Å². The molecule has 1 atom stereocenters. The second kappa shape index (κ2) is 6.52. The predicted molar refractivity (Wildman–Crippen MR) is 87.4 cm³/mol. The number of nitrogens with two attached hydrogens (primary N) is 1. The summed E-state index contributed by atoms with van der Waals surface area (Å²) in [5.74, 6) is -0.785. The highest BCUT2D eigenvalue weighted by Crippen LogP contribution is 2.32. The van der Waals surface area contributed by atoms with Gasteiger partial charge in [-0.25, -0.2) is 4.79 Å². The van der Waals surface area contributed by atoms with E-state index >= 15 is 0 Å². The van der Waals surface area contributed by atoms with Crippen LogP contribution in [0.15, 0.2) is 36.4 Å². The zero-order valence-corrected chi connectivity index (χ0v) is 13.7. The molecule has 3 rings (SSSR count). The van der Waals surface area contributed by atoms with E-state index in [1.165, 1.54) is 11.6 Å². The Hall–Kier alpha value is -2.34. The van der Waals surface area contributed by atoms with Gasteiger partial charge in [-0.1, -0.05) is 18.2 Å². The smallest absolute Gasteiger partial charge is 0.416 e. The van der Waals surface area contributed by atoms with Crippen LogP contribution in [0.25, 0.3) is 0 Å². The average Bonchev–Trinajstić information content (AvgIpc) is 2.92. The first-order valence-electron chi connectivity index (χ1n) is 7.92. The first-order chi connectivity index (χ1) is 11.8. The van der Waals surface area contributed by atoms with E-state index in [0.717, 1.165) is 43.2 Å². The van der Waals surface area contributed by atoms with Gasteiger partial charge in [-0.2, -0.15) is 13.2 Å². The summed E-state index contributed by atoms with van der Waals surface area (Å²) in [7, 11) is 1.14. The quantitative estimate of drug-likeness (QED) is 0.863. The van der Waals surface area contributed by atoms with Crippen molar-refractivity contribution in [3.8, 4) is 0 Å². The van der Waals surface area contributed by atoms with Gasteiger partial charge in [0.2, 0.25) is 0 Å². The maximum absolute atomic E-state index is 13.1. The lowest BCUT2D eigenvalue weighted by molar-refractivity contribution is -0.137. The summed E-state index contributed by atoms with van der Waals surface area (Å²) in [6, 6.07) is 9.30. The van der Waals surface area contributed by atoms with Crippen molar-refractivity contribution >= 4 is 5.97 Å². The number of carbonyl (C=O) groups is 1. The van der Waals surface area contributed by atoms with Gasteiger partial charge in [-0.15, -0.1) is 0 Å². The molecule has 6 heteroatoms.